The molecule has 5 heteroatoms. The summed E-state index contributed by atoms with van der Waals surface area (Å²) in [6, 6.07) is 6.17. The Hall–Kier alpha value is -2.43. The Labute approximate surface area is 120 Å². The number of carboxylic acid groups (broad SMARTS) is 1. The van der Waals surface area contributed by atoms with Crippen LogP contribution >= 0.6 is 0 Å². The molecule has 1 N–H and O–H groups in total. The predicted octanol–water partition coefficient (Wildman–Crippen LogP) is 1.70. The zero-order chi connectivity index (χ0) is 14.7. The standard InChI is InChI=1S/C16H13NO4/c18-14-12-8-5-6-9(7-8)13(12)15(19)17(14)11-4-2-1-3-10(11)16(20)21/h1-6,8-9,12-13H,7H2,(H,20,21)/t8-,9+,12-,13-/m1/s1. The molecule has 1 aromatic rings. The van der Waals surface area contributed by atoms with Gasteiger partial charge < -0.3 is 5.11 Å². The lowest BCUT2D eigenvalue weighted by molar-refractivity contribution is -0.123. The number of carboxylic acids is 1. The van der Waals surface area contributed by atoms with Gasteiger partial charge in [-0.25, -0.2) is 9.69 Å². The van der Waals surface area contributed by atoms with Gasteiger partial charge >= 0.3 is 5.97 Å². The van der Waals surface area contributed by atoms with Crippen molar-refractivity contribution in [2.75, 3.05) is 4.90 Å². The number of carbonyl (C=O) groups is 3. The fraction of sp³-hybridized carbons (Fsp3) is 0.312. The maximum absolute atomic E-state index is 12.6. The molecule has 0 spiro atoms. The molecule has 1 saturated heterocycles. The number of para-hydroxylation sites is 1. The van der Waals surface area contributed by atoms with Crippen molar-refractivity contribution < 1.29 is 19.5 Å². The first kappa shape index (κ1) is 12.3. The number of benzene rings is 1. The van der Waals surface area contributed by atoms with Gasteiger partial charge in [0.25, 0.3) is 0 Å². The number of hydrogen-bond donors (Lipinski definition) is 1. The highest BCUT2D eigenvalue weighted by Crippen LogP contribution is 2.53. The number of allylic oxidation sites excluding steroid dienone is 2. The van der Waals surface area contributed by atoms with Crippen molar-refractivity contribution in [3.63, 3.8) is 0 Å². The summed E-state index contributed by atoms with van der Waals surface area (Å²) in [6.07, 6.45) is 4.90. The highest BCUT2D eigenvalue weighted by atomic mass is 16.4. The third-order valence-electron chi connectivity index (χ3n) is 4.85. The molecular formula is C16H13NO4. The van der Waals surface area contributed by atoms with Crippen molar-refractivity contribution in [3.8, 4) is 0 Å². The molecule has 4 rings (SSSR count). The Morgan fingerprint density at radius 2 is 1.62 bits per heavy atom. The van der Waals surface area contributed by atoms with Crippen LogP contribution in [0.3, 0.4) is 0 Å². The van der Waals surface area contributed by atoms with Gasteiger partial charge in [-0.05, 0) is 30.4 Å². The van der Waals surface area contributed by atoms with Gasteiger partial charge in [0.1, 0.15) is 0 Å². The molecule has 3 aliphatic rings. The number of amides is 2. The lowest BCUT2D eigenvalue weighted by Gasteiger charge is -2.19. The van der Waals surface area contributed by atoms with E-state index in [1.165, 1.54) is 12.1 Å². The third kappa shape index (κ3) is 1.48. The minimum Gasteiger partial charge on any atom is -0.478 e. The SMILES string of the molecule is O=C(O)c1ccccc1N1C(=O)[C@H]2[C@H](C1=O)[C@H]1C=C[C@@H]2C1. The van der Waals surface area contributed by atoms with Crippen molar-refractivity contribution in [2.24, 2.45) is 23.7 Å². The summed E-state index contributed by atoms with van der Waals surface area (Å²) in [5.74, 6) is -2.02. The molecule has 2 bridgehead atoms. The minimum absolute atomic E-state index is 0.0144. The third-order valence-corrected chi connectivity index (χ3v) is 4.85. The number of fused-ring (bicyclic) bond motifs is 5. The molecule has 1 aliphatic heterocycles. The fourth-order valence-electron chi connectivity index (χ4n) is 3.99. The zero-order valence-corrected chi connectivity index (χ0v) is 11.1. The summed E-state index contributed by atoms with van der Waals surface area (Å²) in [7, 11) is 0. The van der Waals surface area contributed by atoms with E-state index in [4.69, 9.17) is 0 Å². The van der Waals surface area contributed by atoms with E-state index >= 15 is 0 Å². The van der Waals surface area contributed by atoms with Gasteiger partial charge in [-0.3, -0.25) is 9.59 Å². The second-order valence-corrected chi connectivity index (χ2v) is 5.83. The molecule has 0 aromatic heterocycles. The average molecular weight is 283 g/mol. The summed E-state index contributed by atoms with van der Waals surface area (Å²) in [6.45, 7) is 0. The molecule has 2 aliphatic carbocycles. The second kappa shape index (κ2) is 4.04. The number of rotatable bonds is 2. The van der Waals surface area contributed by atoms with Crippen LogP contribution in [0.25, 0.3) is 0 Å². The van der Waals surface area contributed by atoms with Crippen LogP contribution in [0.5, 0.6) is 0 Å². The van der Waals surface area contributed by atoms with E-state index in [9.17, 15) is 19.5 Å². The maximum Gasteiger partial charge on any atom is 0.337 e. The van der Waals surface area contributed by atoms with Crippen LogP contribution < -0.4 is 4.90 Å². The van der Waals surface area contributed by atoms with Gasteiger partial charge in [0.2, 0.25) is 11.8 Å². The first-order valence-electron chi connectivity index (χ1n) is 6.98. The van der Waals surface area contributed by atoms with Crippen molar-refractivity contribution in [3.05, 3.63) is 42.0 Å². The van der Waals surface area contributed by atoms with Gasteiger partial charge in [-0.15, -0.1) is 0 Å². The van der Waals surface area contributed by atoms with Crippen molar-refractivity contribution in [2.45, 2.75) is 6.42 Å². The van der Waals surface area contributed by atoms with Crippen LogP contribution in [0.1, 0.15) is 16.8 Å². The van der Waals surface area contributed by atoms with Crippen molar-refractivity contribution in [1.29, 1.82) is 0 Å². The normalized spacial score (nSPS) is 32.9. The maximum atomic E-state index is 12.6. The minimum atomic E-state index is -1.13. The van der Waals surface area contributed by atoms with Gasteiger partial charge in [-0.1, -0.05) is 24.3 Å². The Morgan fingerprint density at radius 3 is 2.19 bits per heavy atom. The largest absolute Gasteiger partial charge is 0.478 e. The average Bonchev–Trinajstić information content (AvgIpc) is 3.13. The number of anilines is 1. The molecule has 4 atom stereocenters. The van der Waals surface area contributed by atoms with E-state index < -0.39 is 5.97 Å². The molecule has 1 saturated carbocycles. The molecule has 106 valence electrons. The number of imide groups is 1. The van der Waals surface area contributed by atoms with Crippen molar-refractivity contribution in [1.82, 2.24) is 0 Å². The van der Waals surface area contributed by atoms with Gasteiger partial charge in [-0.2, -0.15) is 0 Å². The Balaban J connectivity index is 1.80. The Bertz CT molecular complexity index is 678. The van der Waals surface area contributed by atoms with Crippen LogP contribution in [0.2, 0.25) is 0 Å². The molecule has 0 unspecified atom stereocenters. The van der Waals surface area contributed by atoms with E-state index in [-0.39, 0.29) is 46.7 Å². The number of hydrogen-bond acceptors (Lipinski definition) is 3. The Kier molecular flexibility index (Phi) is 2.37. The van der Waals surface area contributed by atoms with E-state index in [1.807, 2.05) is 12.2 Å². The molecule has 2 amide bonds. The second-order valence-electron chi connectivity index (χ2n) is 5.83. The number of aromatic carboxylic acids is 1. The molecule has 21 heavy (non-hydrogen) atoms. The monoisotopic (exact) mass is 283 g/mol. The van der Waals surface area contributed by atoms with Gasteiger partial charge in [0.15, 0.2) is 0 Å². The summed E-state index contributed by atoms with van der Waals surface area (Å²) < 4.78 is 0. The smallest absolute Gasteiger partial charge is 0.337 e. The molecule has 5 nitrogen and oxygen atoms in total. The lowest BCUT2D eigenvalue weighted by Crippen LogP contribution is -2.34. The summed E-state index contributed by atoms with van der Waals surface area (Å²) >= 11 is 0. The van der Waals surface area contributed by atoms with Gasteiger partial charge in [0, 0.05) is 0 Å². The quantitative estimate of drug-likeness (QED) is 0.662. The van der Waals surface area contributed by atoms with E-state index in [0.29, 0.717) is 0 Å². The van der Waals surface area contributed by atoms with Crippen LogP contribution in [0, 0.1) is 23.7 Å². The highest BCUT2D eigenvalue weighted by molar-refractivity contribution is 6.24. The van der Waals surface area contributed by atoms with E-state index in [1.54, 1.807) is 12.1 Å². The lowest BCUT2D eigenvalue weighted by atomic mass is 9.85. The van der Waals surface area contributed by atoms with E-state index in [0.717, 1.165) is 11.3 Å². The first-order chi connectivity index (χ1) is 10.1. The van der Waals surface area contributed by atoms with Crippen LogP contribution in [-0.2, 0) is 9.59 Å². The molecule has 1 heterocycles. The summed E-state index contributed by atoms with van der Waals surface area (Å²) in [4.78, 5) is 37.7. The molecule has 0 radical (unpaired) electrons. The van der Waals surface area contributed by atoms with Crippen LogP contribution in [0.15, 0.2) is 36.4 Å². The zero-order valence-electron chi connectivity index (χ0n) is 11.1. The highest BCUT2D eigenvalue weighted by Gasteiger charge is 2.59. The molecular weight excluding hydrogens is 270 g/mol. The summed E-state index contributed by atoms with van der Waals surface area (Å²) in [5.41, 5.74) is 0.174. The molecule has 1 aromatic carbocycles. The van der Waals surface area contributed by atoms with Crippen LogP contribution in [0.4, 0.5) is 5.69 Å². The molecule has 2 fully saturated rings. The predicted molar refractivity (Wildman–Crippen MR) is 73.6 cm³/mol. The number of carbonyl (C=O) groups excluding carboxylic acids is 2. The van der Waals surface area contributed by atoms with E-state index in [2.05, 4.69) is 0 Å². The topological polar surface area (TPSA) is 74.7 Å². The Morgan fingerprint density at radius 1 is 1.05 bits per heavy atom. The number of nitrogens with zero attached hydrogens (tertiary/aromatic N) is 1. The summed E-state index contributed by atoms with van der Waals surface area (Å²) in [5, 5.41) is 9.26. The van der Waals surface area contributed by atoms with Crippen LogP contribution in [-0.4, -0.2) is 22.9 Å². The first-order valence-corrected chi connectivity index (χ1v) is 6.98. The van der Waals surface area contributed by atoms with Crippen molar-refractivity contribution >= 4 is 23.5 Å². The van der Waals surface area contributed by atoms with Gasteiger partial charge in [0.05, 0.1) is 23.1 Å². The fourth-order valence-corrected chi connectivity index (χ4v) is 3.99.